The van der Waals surface area contributed by atoms with E-state index < -0.39 is 12.1 Å². The van der Waals surface area contributed by atoms with Crippen molar-refractivity contribution in [2.45, 2.75) is 289 Å². The number of unbranched alkanes of at least 4 members (excludes halogenated alkanes) is 35. The summed E-state index contributed by atoms with van der Waals surface area (Å²) in [5, 5.41) is 23.0. The SMILES string of the molecule is CCCCCCC/C=C\C/C=C\CCCCCCCCCCCCCCCCCCCCCCCC(=O)NC(CO)C(O)/C=C/CC/C=C/CCCCCCCCCC. The maximum absolute atomic E-state index is 12.4. The van der Waals surface area contributed by atoms with E-state index in [9.17, 15) is 15.0 Å². The van der Waals surface area contributed by atoms with E-state index in [-0.39, 0.29) is 12.5 Å². The zero-order valence-electron chi connectivity index (χ0n) is 39.8. The van der Waals surface area contributed by atoms with Crippen molar-refractivity contribution in [3.05, 3.63) is 48.6 Å². The third-order valence-corrected chi connectivity index (χ3v) is 12.0. The molecule has 0 aliphatic carbocycles. The molecule has 0 aliphatic rings. The van der Waals surface area contributed by atoms with Gasteiger partial charge in [0.15, 0.2) is 0 Å². The Morgan fingerprint density at radius 1 is 0.407 bits per heavy atom. The van der Waals surface area contributed by atoms with Crippen molar-refractivity contribution < 1.29 is 15.0 Å². The second-order valence-corrected chi connectivity index (χ2v) is 17.9. The Hall–Kier alpha value is -1.65. The van der Waals surface area contributed by atoms with Crippen LogP contribution in [-0.4, -0.2) is 34.9 Å². The number of aliphatic hydroxyl groups is 2. The van der Waals surface area contributed by atoms with E-state index in [1.165, 1.54) is 218 Å². The predicted molar refractivity (Wildman–Crippen MR) is 262 cm³/mol. The molecule has 2 unspecified atom stereocenters. The third-order valence-electron chi connectivity index (χ3n) is 12.0. The molecule has 2 atom stereocenters. The van der Waals surface area contributed by atoms with Gasteiger partial charge in [-0.2, -0.15) is 0 Å². The van der Waals surface area contributed by atoms with Gasteiger partial charge in [0.1, 0.15) is 0 Å². The molecule has 0 aromatic rings. The Morgan fingerprint density at radius 3 is 1.08 bits per heavy atom. The zero-order valence-corrected chi connectivity index (χ0v) is 39.8. The Labute approximate surface area is 369 Å². The lowest BCUT2D eigenvalue weighted by Crippen LogP contribution is -2.45. The Kier molecular flexibility index (Phi) is 49.3. The first-order valence-electron chi connectivity index (χ1n) is 26.4. The van der Waals surface area contributed by atoms with Crippen LogP contribution in [0, 0.1) is 0 Å². The fourth-order valence-electron chi connectivity index (χ4n) is 7.99. The highest BCUT2D eigenvalue weighted by Gasteiger charge is 2.17. The van der Waals surface area contributed by atoms with Crippen LogP contribution >= 0.6 is 0 Å². The van der Waals surface area contributed by atoms with Crippen molar-refractivity contribution in [3.8, 4) is 0 Å². The zero-order chi connectivity index (χ0) is 42.8. The number of rotatable bonds is 48. The minimum atomic E-state index is -0.860. The molecule has 0 bridgehead atoms. The molecule has 0 aromatic carbocycles. The van der Waals surface area contributed by atoms with Gasteiger partial charge < -0.3 is 15.5 Å². The fourth-order valence-corrected chi connectivity index (χ4v) is 7.99. The molecule has 59 heavy (non-hydrogen) atoms. The van der Waals surface area contributed by atoms with E-state index in [2.05, 4.69) is 55.6 Å². The van der Waals surface area contributed by atoms with E-state index >= 15 is 0 Å². The van der Waals surface area contributed by atoms with E-state index in [0.29, 0.717) is 6.42 Å². The molecular weight excluding hydrogens is 723 g/mol. The van der Waals surface area contributed by atoms with E-state index in [1.807, 2.05) is 6.08 Å². The lowest BCUT2D eigenvalue weighted by atomic mass is 10.0. The number of carbonyl (C=O) groups is 1. The minimum Gasteiger partial charge on any atom is -0.394 e. The molecule has 0 aliphatic heterocycles. The van der Waals surface area contributed by atoms with Crippen LogP contribution in [0.4, 0.5) is 0 Å². The van der Waals surface area contributed by atoms with Crippen LogP contribution in [0.1, 0.15) is 277 Å². The number of hydrogen-bond donors (Lipinski definition) is 3. The van der Waals surface area contributed by atoms with Crippen LogP contribution in [-0.2, 0) is 4.79 Å². The molecule has 1 amide bonds. The second kappa shape index (κ2) is 50.7. The summed E-state index contributed by atoms with van der Waals surface area (Å²) in [5.41, 5.74) is 0. The van der Waals surface area contributed by atoms with Gasteiger partial charge in [0, 0.05) is 6.42 Å². The molecule has 0 radical (unpaired) electrons. The van der Waals surface area contributed by atoms with Gasteiger partial charge in [0.25, 0.3) is 0 Å². The summed E-state index contributed by atoms with van der Waals surface area (Å²) < 4.78 is 0. The average molecular weight is 826 g/mol. The van der Waals surface area contributed by atoms with Gasteiger partial charge in [-0.1, -0.05) is 255 Å². The largest absolute Gasteiger partial charge is 0.394 e. The predicted octanol–water partition coefficient (Wildman–Crippen LogP) is 17.1. The van der Waals surface area contributed by atoms with Crippen molar-refractivity contribution >= 4 is 5.91 Å². The van der Waals surface area contributed by atoms with Crippen molar-refractivity contribution in [1.82, 2.24) is 5.32 Å². The van der Waals surface area contributed by atoms with Crippen LogP contribution in [0.25, 0.3) is 0 Å². The molecule has 3 N–H and O–H groups in total. The molecule has 0 rings (SSSR count). The Balaban J connectivity index is 3.45. The fraction of sp³-hybridized carbons (Fsp3) is 0.836. The van der Waals surface area contributed by atoms with Crippen molar-refractivity contribution in [2.24, 2.45) is 0 Å². The minimum absolute atomic E-state index is 0.0712. The smallest absolute Gasteiger partial charge is 0.220 e. The van der Waals surface area contributed by atoms with Crippen LogP contribution in [0.3, 0.4) is 0 Å². The van der Waals surface area contributed by atoms with Gasteiger partial charge in [-0.3, -0.25) is 4.79 Å². The molecule has 0 aromatic heterocycles. The molecule has 0 spiro atoms. The summed E-state index contributed by atoms with van der Waals surface area (Å²) >= 11 is 0. The highest BCUT2D eigenvalue weighted by atomic mass is 16.3. The molecule has 346 valence electrons. The summed E-state index contributed by atoms with van der Waals surface area (Å²) in [6, 6.07) is -0.637. The van der Waals surface area contributed by atoms with Crippen molar-refractivity contribution in [2.75, 3.05) is 6.61 Å². The molecule has 0 saturated carbocycles. The summed E-state index contributed by atoms with van der Waals surface area (Å²) in [6.07, 6.45) is 69.8. The van der Waals surface area contributed by atoms with Gasteiger partial charge in [0.2, 0.25) is 5.91 Å². The standard InChI is InChI=1S/C55H103NO3/c1-3-5-7-9-11-13-15-17-19-20-21-22-23-24-25-26-27-28-29-30-31-32-33-34-35-36-37-39-41-43-45-47-49-51-55(59)56-53(52-57)54(58)50-48-46-44-42-40-38-18-16-14-12-10-8-6-4-2/h15,17,20-21,40,42,48,50,53-54,57-58H,3-14,16,18-19,22-39,41,43-47,49,51-52H2,1-2H3,(H,56,59)/b17-15-,21-20-,42-40+,50-48+. The number of aliphatic hydroxyl groups excluding tert-OH is 2. The topological polar surface area (TPSA) is 69.6 Å². The van der Waals surface area contributed by atoms with Gasteiger partial charge in [-0.15, -0.1) is 0 Å². The van der Waals surface area contributed by atoms with Gasteiger partial charge in [-0.25, -0.2) is 0 Å². The van der Waals surface area contributed by atoms with Gasteiger partial charge in [-0.05, 0) is 64.2 Å². The monoisotopic (exact) mass is 826 g/mol. The quantitative estimate of drug-likeness (QED) is 0.0423. The lowest BCUT2D eigenvalue weighted by molar-refractivity contribution is -0.123. The number of carbonyl (C=O) groups excluding carboxylic acids is 1. The molecular formula is C55H103NO3. The molecule has 4 nitrogen and oxygen atoms in total. The lowest BCUT2D eigenvalue weighted by Gasteiger charge is -2.19. The van der Waals surface area contributed by atoms with Gasteiger partial charge in [0.05, 0.1) is 18.8 Å². The summed E-state index contributed by atoms with van der Waals surface area (Å²) in [5.74, 6) is -0.0712. The number of hydrogen-bond acceptors (Lipinski definition) is 3. The van der Waals surface area contributed by atoms with E-state index in [0.717, 1.165) is 38.5 Å². The summed E-state index contributed by atoms with van der Waals surface area (Å²) in [6.45, 7) is 4.29. The van der Waals surface area contributed by atoms with Crippen LogP contribution in [0.2, 0.25) is 0 Å². The molecule has 0 saturated heterocycles. The normalized spacial score (nSPS) is 13.2. The second-order valence-electron chi connectivity index (χ2n) is 17.9. The highest BCUT2D eigenvalue weighted by molar-refractivity contribution is 5.76. The number of allylic oxidation sites excluding steroid dienone is 7. The summed E-state index contributed by atoms with van der Waals surface area (Å²) in [4.78, 5) is 12.4. The Morgan fingerprint density at radius 2 is 0.712 bits per heavy atom. The first-order valence-corrected chi connectivity index (χ1v) is 26.4. The van der Waals surface area contributed by atoms with E-state index in [1.54, 1.807) is 6.08 Å². The van der Waals surface area contributed by atoms with Crippen molar-refractivity contribution in [3.63, 3.8) is 0 Å². The third kappa shape index (κ3) is 47.3. The van der Waals surface area contributed by atoms with Crippen molar-refractivity contribution in [1.29, 1.82) is 0 Å². The highest BCUT2D eigenvalue weighted by Crippen LogP contribution is 2.16. The van der Waals surface area contributed by atoms with Gasteiger partial charge >= 0.3 is 0 Å². The molecule has 4 heteroatoms. The number of amides is 1. The first-order chi connectivity index (χ1) is 29.2. The van der Waals surface area contributed by atoms with Crippen LogP contribution in [0.15, 0.2) is 48.6 Å². The first kappa shape index (κ1) is 57.3. The molecule has 0 heterocycles. The van der Waals surface area contributed by atoms with Crippen LogP contribution < -0.4 is 5.32 Å². The molecule has 0 fully saturated rings. The maximum Gasteiger partial charge on any atom is 0.220 e. The Bertz CT molecular complexity index is 939. The maximum atomic E-state index is 12.4. The van der Waals surface area contributed by atoms with E-state index in [4.69, 9.17) is 0 Å². The average Bonchev–Trinajstić information content (AvgIpc) is 3.24. The van der Waals surface area contributed by atoms with Crippen LogP contribution in [0.5, 0.6) is 0 Å². The number of nitrogens with one attached hydrogen (secondary N) is 1. The summed E-state index contributed by atoms with van der Waals surface area (Å²) in [7, 11) is 0.